The molecular formula is C21H14FIN2OS. The number of hydrogen-bond donors (Lipinski definition) is 1. The summed E-state index contributed by atoms with van der Waals surface area (Å²) in [6.45, 7) is 1.95. The summed E-state index contributed by atoms with van der Waals surface area (Å²) in [5, 5.41) is 3.94. The van der Waals surface area contributed by atoms with Crippen molar-refractivity contribution >= 4 is 55.6 Å². The number of benzene rings is 2. The van der Waals surface area contributed by atoms with E-state index < -0.39 is 0 Å². The van der Waals surface area contributed by atoms with Crippen LogP contribution in [0, 0.1) is 16.4 Å². The number of amides is 1. The summed E-state index contributed by atoms with van der Waals surface area (Å²) in [5.74, 6) is -0.393. The van der Waals surface area contributed by atoms with Crippen molar-refractivity contribution in [3.05, 3.63) is 80.8 Å². The second-order valence-corrected chi connectivity index (χ2v) is 8.26. The van der Waals surface area contributed by atoms with Crippen LogP contribution in [-0.2, 0) is 0 Å². The van der Waals surface area contributed by atoms with E-state index in [1.165, 1.54) is 23.5 Å². The normalized spacial score (nSPS) is 10.9. The topological polar surface area (TPSA) is 42.0 Å². The molecule has 1 amide bonds. The number of nitrogens with zero attached hydrogens (tertiary/aromatic N) is 1. The van der Waals surface area contributed by atoms with Gasteiger partial charge in [-0.1, -0.05) is 18.2 Å². The van der Waals surface area contributed by atoms with E-state index in [0.29, 0.717) is 10.6 Å². The Bertz CT molecular complexity index is 1140. The molecule has 0 spiro atoms. The first kappa shape index (κ1) is 18.1. The first-order chi connectivity index (χ1) is 13.0. The minimum atomic E-state index is -0.254. The lowest BCUT2D eigenvalue weighted by Gasteiger charge is -2.04. The second kappa shape index (κ2) is 7.36. The van der Waals surface area contributed by atoms with Gasteiger partial charge in [0.15, 0.2) is 0 Å². The number of nitrogens with one attached hydrogen (secondary N) is 1. The van der Waals surface area contributed by atoms with Crippen LogP contribution in [-0.4, -0.2) is 10.9 Å². The van der Waals surface area contributed by atoms with E-state index in [9.17, 15) is 9.18 Å². The van der Waals surface area contributed by atoms with E-state index in [2.05, 4.69) is 39.0 Å². The second-order valence-electron chi connectivity index (χ2n) is 6.10. The smallest absolute Gasteiger partial charge is 0.266 e. The molecule has 0 bridgehead atoms. The maximum Gasteiger partial charge on any atom is 0.266 e. The molecule has 3 nitrogen and oxygen atoms in total. The van der Waals surface area contributed by atoms with Gasteiger partial charge in [-0.15, -0.1) is 11.3 Å². The Hall–Kier alpha value is -2.32. The van der Waals surface area contributed by atoms with Crippen molar-refractivity contribution in [1.29, 1.82) is 0 Å². The van der Waals surface area contributed by atoms with E-state index >= 15 is 0 Å². The van der Waals surface area contributed by atoms with Gasteiger partial charge in [0.05, 0.1) is 16.8 Å². The molecule has 0 aliphatic carbocycles. The van der Waals surface area contributed by atoms with E-state index in [1.54, 1.807) is 18.3 Å². The van der Waals surface area contributed by atoms with Crippen LogP contribution in [0.4, 0.5) is 10.1 Å². The van der Waals surface area contributed by atoms with Gasteiger partial charge in [0.1, 0.15) is 9.52 Å². The van der Waals surface area contributed by atoms with Crippen LogP contribution in [0.15, 0.2) is 60.8 Å². The minimum Gasteiger partial charge on any atom is -0.320 e. The Morgan fingerprint density at radius 2 is 1.81 bits per heavy atom. The van der Waals surface area contributed by atoms with Crippen LogP contribution in [0.2, 0.25) is 0 Å². The van der Waals surface area contributed by atoms with Crippen molar-refractivity contribution in [2.75, 3.05) is 5.32 Å². The zero-order valence-corrected chi connectivity index (χ0v) is 17.3. The summed E-state index contributed by atoms with van der Waals surface area (Å²) < 4.78 is 15.1. The monoisotopic (exact) mass is 488 g/mol. The molecule has 0 fully saturated rings. The summed E-state index contributed by atoms with van der Waals surface area (Å²) in [6, 6.07) is 16.2. The molecule has 2 aromatic carbocycles. The quantitative estimate of drug-likeness (QED) is 0.273. The molecule has 27 heavy (non-hydrogen) atoms. The number of aromatic nitrogens is 1. The number of rotatable bonds is 3. The number of hydrogen-bond acceptors (Lipinski definition) is 3. The van der Waals surface area contributed by atoms with Gasteiger partial charge in [-0.2, -0.15) is 0 Å². The summed E-state index contributed by atoms with van der Waals surface area (Å²) >= 11 is 3.59. The predicted molar refractivity (Wildman–Crippen MR) is 117 cm³/mol. The average molecular weight is 488 g/mol. The molecule has 0 aliphatic heterocycles. The number of pyridine rings is 1. The van der Waals surface area contributed by atoms with E-state index in [0.717, 1.165) is 30.5 Å². The van der Waals surface area contributed by atoms with Crippen molar-refractivity contribution in [3.63, 3.8) is 0 Å². The molecule has 0 radical (unpaired) electrons. The Kier molecular flexibility index (Phi) is 4.92. The molecule has 2 heterocycles. The molecule has 4 rings (SSSR count). The largest absolute Gasteiger partial charge is 0.320 e. The highest BCUT2D eigenvalue weighted by molar-refractivity contribution is 14.1. The highest BCUT2D eigenvalue weighted by Crippen LogP contribution is 2.34. The van der Waals surface area contributed by atoms with Crippen molar-refractivity contribution < 1.29 is 9.18 Å². The summed E-state index contributed by atoms with van der Waals surface area (Å²) in [5.41, 5.74) is 3.55. The van der Waals surface area contributed by atoms with E-state index in [4.69, 9.17) is 0 Å². The number of carbonyl (C=O) groups is 1. The molecule has 0 atom stereocenters. The van der Waals surface area contributed by atoms with Crippen molar-refractivity contribution in [1.82, 2.24) is 4.98 Å². The van der Waals surface area contributed by atoms with Crippen LogP contribution in [0.25, 0.3) is 21.2 Å². The van der Waals surface area contributed by atoms with Crippen molar-refractivity contribution in [2.24, 2.45) is 0 Å². The number of carbonyl (C=O) groups excluding carboxylic acids is 1. The van der Waals surface area contributed by atoms with Gasteiger partial charge in [-0.25, -0.2) is 9.37 Å². The maximum atomic E-state index is 13.2. The molecule has 0 saturated heterocycles. The van der Waals surface area contributed by atoms with Crippen molar-refractivity contribution in [2.45, 2.75) is 6.92 Å². The molecule has 0 unspecified atom stereocenters. The first-order valence-corrected chi connectivity index (χ1v) is 10.1. The average Bonchev–Trinajstić information content (AvgIpc) is 3.00. The molecule has 1 N–H and O–H groups in total. The van der Waals surface area contributed by atoms with Gasteiger partial charge in [-0.3, -0.25) is 4.79 Å². The number of fused-ring (bicyclic) bond motifs is 1. The molecule has 0 saturated carbocycles. The summed E-state index contributed by atoms with van der Waals surface area (Å²) in [6.07, 6.45) is 1.65. The number of anilines is 1. The Balaban J connectivity index is 1.68. The third-order valence-electron chi connectivity index (χ3n) is 4.31. The lowest BCUT2D eigenvalue weighted by Crippen LogP contribution is -2.11. The van der Waals surface area contributed by atoms with Gasteiger partial charge in [0.2, 0.25) is 0 Å². The highest BCUT2D eigenvalue weighted by atomic mass is 127. The lowest BCUT2D eigenvalue weighted by atomic mass is 10.0. The molecule has 6 heteroatoms. The number of thiophene rings is 1. The molecule has 134 valence electrons. The zero-order chi connectivity index (χ0) is 19.0. The number of aryl methyl sites for hydroxylation is 1. The van der Waals surface area contributed by atoms with Gasteiger partial charge < -0.3 is 5.32 Å². The fourth-order valence-corrected chi connectivity index (χ4v) is 4.30. The van der Waals surface area contributed by atoms with Gasteiger partial charge >= 0.3 is 0 Å². The lowest BCUT2D eigenvalue weighted by molar-refractivity contribution is 0.103. The fraction of sp³-hybridized carbons (Fsp3) is 0.0476. The third kappa shape index (κ3) is 3.72. The van der Waals surface area contributed by atoms with Crippen LogP contribution in [0.1, 0.15) is 15.2 Å². The summed E-state index contributed by atoms with van der Waals surface area (Å²) in [7, 11) is 0. The highest BCUT2D eigenvalue weighted by Gasteiger charge is 2.16. The molecular weight excluding hydrogens is 474 g/mol. The van der Waals surface area contributed by atoms with Gasteiger partial charge in [-0.05, 0) is 88.0 Å². The van der Waals surface area contributed by atoms with Crippen LogP contribution < -0.4 is 5.32 Å². The van der Waals surface area contributed by atoms with Crippen LogP contribution in [0.5, 0.6) is 0 Å². The standard InChI is InChI=1S/C21H14FIN2OS/c1-12-17-10-14(13-2-5-15(22)6-3-13)4-8-18(17)27-20(12)21(26)25-16-7-9-19(23)24-11-16/h2-11H,1H3,(H,25,26). The Morgan fingerprint density at radius 1 is 1.07 bits per heavy atom. The van der Waals surface area contributed by atoms with Crippen molar-refractivity contribution in [3.8, 4) is 11.1 Å². The molecule has 2 aromatic heterocycles. The minimum absolute atomic E-state index is 0.139. The van der Waals surface area contributed by atoms with Gasteiger partial charge in [0, 0.05) is 4.70 Å². The van der Waals surface area contributed by atoms with Crippen LogP contribution in [0.3, 0.4) is 0 Å². The first-order valence-electron chi connectivity index (χ1n) is 8.23. The maximum absolute atomic E-state index is 13.2. The molecule has 4 aromatic rings. The third-order valence-corrected chi connectivity index (χ3v) is 6.21. The van der Waals surface area contributed by atoms with E-state index in [-0.39, 0.29) is 11.7 Å². The zero-order valence-electron chi connectivity index (χ0n) is 14.3. The van der Waals surface area contributed by atoms with Gasteiger partial charge in [0.25, 0.3) is 5.91 Å². The number of halogens is 2. The summed E-state index contributed by atoms with van der Waals surface area (Å²) in [4.78, 5) is 17.6. The van der Waals surface area contributed by atoms with E-state index in [1.807, 2.05) is 31.2 Å². The SMILES string of the molecule is Cc1c(C(=O)Nc2ccc(I)nc2)sc2ccc(-c3ccc(F)cc3)cc12. The van der Waals surface area contributed by atoms with Crippen LogP contribution >= 0.6 is 33.9 Å². The fourth-order valence-electron chi connectivity index (χ4n) is 2.90. The Morgan fingerprint density at radius 3 is 2.52 bits per heavy atom. The predicted octanol–water partition coefficient (Wildman–Crippen LogP) is 6.27. The Labute approximate surface area is 173 Å². The molecule has 0 aliphatic rings.